The molecular weight excluding hydrogens is 239 g/mol. The molecule has 1 aromatic carbocycles. The minimum Gasteiger partial charge on any atom is -0.256 e. The van der Waals surface area contributed by atoms with Crippen LogP contribution in [-0.2, 0) is 0 Å². The molecule has 0 spiro atoms. The zero-order chi connectivity index (χ0) is 13.1. The zero-order valence-electron chi connectivity index (χ0n) is 10.1. The molecule has 0 aliphatic rings. The first-order valence-corrected chi connectivity index (χ1v) is 5.97. The summed E-state index contributed by atoms with van der Waals surface area (Å²) in [4.78, 5) is 8.20. The van der Waals surface area contributed by atoms with Gasteiger partial charge in [0.1, 0.15) is 0 Å². The Labute approximate surface area is 110 Å². The average molecular weight is 250 g/mol. The molecule has 3 heteroatoms. The van der Waals surface area contributed by atoms with Crippen LogP contribution in [-0.4, -0.2) is 9.97 Å². The molecule has 0 amide bonds. The fraction of sp³-hybridized carbons (Fsp3) is 0. The van der Waals surface area contributed by atoms with E-state index in [-0.39, 0.29) is 0 Å². The highest BCUT2D eigenvalue weighted by Gasteiger charge is 2.04. The van der Waals surface area contributed by atoms with Gasteiger partial charge in [0.25, 0.3) is 0 Å². The Morgan fingerprint density at radius 1 is 0.737 bits per heavy atom. The third-order valence-corrected chi connectivity index (χ3v) is 2.83. The van der Waals surface area contributed by atoms with Crippen molar-refractivity contribution in [3.8, 4) is 22.5 Å². The minimum atomic E-state index is -0.472. The highest BCUT2D eigenvalue weighted by atomic mass is 19.1. The largest absolute Gasteiger partial charge is 0.256 e. The Morgan fingerprint density at radius 3 is 2.21 bits per heavy atom. The first-order chi connectivity index (χ1) is 9.33. The number of aromatic nitrogens is 2. The third kappa shape index (κ3) is 2.50. The molecule has 0 bridgehead atoms. The van der Waals surface area contributed by atoms with Gasteiger partial charge in [0.15, 0.2) is 0 Å². The lowest BCUT2D eigenvalue weighted by Crippen LogP contribution is -1.88. The quantitative estimate of drug-likeness (QED) is 0.643. The summed E-state index contributed by atoms with van der Waals surface area (Å²) in [5.74, 6) is -0.472. The van der Waals surface area contributed by atoms with E-state index < -0.39 is 5.95 Å². The number of rotatable bonds is 2. The van der Waals surface area contributed by atoms with Gasteiger partial charge in [0.2, 0.25) is 5.95 Å². The van der Waals surface area contributed by atoms with Gasteiger partial charge in [-0.3, -0.25) is 4.98 Å². The van der Waals surface area contributed by atoms with Gasteiger partial charge in [-0.2, -0.15) is 4.39 Å². The smallest absolute Gasteiger partial charge is 0.213 e. The van der Waals surface area contributed by atoms with Crippen molar-refractivity contribution in [1.82, 2.24) is 9.97 Å². The second-order valence-corrected chi connectivity index (χ2v) is 4.14. The average Bonchev–Trinajstić information content (AvgIpc) is 2.48. The molecule has 19 heavy (non-hydrogen) atoms. The highest BCUT2D eigenvalue weighted by molar-refractivity contribution is 5.69. The van der Waals surface area contributed by atoms with Crippen LogP contribution in [0.4, 0.5) is 4.39 Å². The molecule has 3 aromatic rings. The van der Waals surface area contributed by atoms with Crippen molar-refractivity contribution in [2.24, 2.45) is 0 Å². The van der Waals surface area contributed by atoms with E-state index in [0.29, 0.717) is 5.69 Å². The fourth-order valence-electron chi connectivity index (χ4n) is 1.94. The van der Waals surface area contributed by atoms with Gasteiger partial charge >= 0.3 is 0 Å². The van der Waals surface area contributed by atoms with Crippen LogP contribution in [0.3, 0.4) is 0 Å². The second-order valence-electron chi connectivity index (χ2n) is 4.14. The third-order valence-electron chi connectivity index (χ3n) is 2.83. The van der Waals surface area contributed by atoms with Crippen molar-refractivity contribution < 1.29 is 4.39 Å². The first-order valence-electron chi connectivity index (χ1n) is 5.97. The van der Waals surface area contributed by atoms with Crippen molar-refractivity contribution in [2.45, 2.75) is 0 Å². The monoisotopic (exact) mass is 250 g/mol. The van der Waals surface area contributed by atoms with Gasteiger partial charge < -0.3 is 0 Å². The lowest BCUT2D eigenvalue weighted by molar-refractivity contribution is 0.585. The van der Waals surface area contributed by atoms with Crippen LogP contribution in [0.5, 0.6) is 0 Å². The standard InChI is InChI=1S/C16H11FN2/c17-16-9-4-8-15(19-16)13-6-3-5-12(11-13)14-7-1-2-10-18-14/h1-11H. The summed E-state index contributed by atoms with van der Waals surface area (Å²) in [6, 6.07) is 18.3. The van der Waals surface area contributed by atoms with Crippen LogP contribution < -0.4 is 0 Å². The lowest BCUT2D eigenvalue weighted by atomic mass is 10.1. The molecule has 0 aliphatic carbocycles. The maximum atomic E-state index is 13.2. The van der Waals surface area contributed by atoms with Crippen molar-refractivity contribution in [3.63, 3.8) is 0 Å². The molecule has 2 heterocycles. The second kappa shape index (κ2) is 4.98. The number of halogens is 1. The number of pyridine rings is 2. The summed E-state index contributed by atoms with van der Waals surface area (Å²) >= 11 is 0. The van der Waals surface area contributed by atoms with E-state index in [2.05, 4.69) is 9.97 Å². The number of hydrogen-bond donors (Lipinski definition) is 0. The van der Waals surface area contributed by atoms with Gasteiger partial charge in [-0.05, 0) is 30.3 Å². The molecule has 0 atom stereocenters. The molecule has 0 saturated carbocycles. The summed E-state index contributed by atoms with van der Waals surface area (Å²) in [5, 5.41) is 0. The van der Waals surface area contributed by atoms with Gasteiger partial charge in [0, 0.05) is 17.3 Å². The van der Waals surface area contributed by atoms with Crippen molar-refractivity contribution in [2.75, 3.05) is 0 Å². The van der Waals surface area contributed by atoms with Crippen LogP contribution in [0, 0.1) is 5.95 Å². The summed E-state index contributed by atoms with van der Waals surface area (Å²) < 4.78 is 13.2. The van der Waals surface area contributed by atoms with E-state index in [0.717, 1.165) is 16.8 Å². The van der Waals surface area contributed by atoms with E-state index in [1.54, 1.807) is 18.3 Å². The van der Waals surface area contributed by atoms with Crippen LogP contribution in [0.25, 0.3) is 22.5 Å². The maximum Gasteiger partial charge on any atom is 0.213 e. The Bertz CT molecular complexity index is 696. The Hall–Kier alpha value is -2.55. The number of nitrogens with zero attached hydrogens (tertiary/aromatic N) is 2. The molecule has 92 valence electrons. The first kappa shape index (κ1) is 11.5. The molecule has 0 radical (unpaired) electrons. The predicted molar refractivity (Wildman–Crippen MR) is 72.9 cm³/mol. The van der Waals surface area contributed by atoms with Crippen LogP contribution in [0.15, 0.2) is 66.9 Å². The van der Waals surface area contributed by atoms with E-state index in [1.165, 1.54) is 6.07 Å². The SMILES string of the molecule is Fc1cccc(-c2cccc(-c3ccccn3)c2)n1. The van der Waals surface area contributed by atoms with Gasteiger partial charge in [0.05, 0.1) is 11.4 Å². The Kier molecular flexibility index (Phi) is 3.02. The number of hydrogen-bond acceptors (Lipinski definition) is 2. The molecule has 2 aromatic heterocycles. The van der Waals surface area contributed by atoms with Gasteiger partial charge in [-0.15, -0.1) is 0 Å². The van der Waals surface area contributed by atoms with Crippen molar-refractivity contribution in [1.29, 1.82) is 0 Å². The summed E-state index contributed by atoms with van der Waals surface area (Å²) in [7, 11) is 0. The maximum absolute atomic E-state index is 13.2. The van der Waals surface area contributed by atoms with Crippen LogP contribution in [0.1, 0.15) is 0 Å². The molecule has 0 N–H and O–H groups in total. The Balaban J connectivity index is 2.06. The van der Waals surface area contributed by atoms with E-state index in [4.69, 9.17) is 0 Å². The molecular formula is C16H11FN2. The fourth-order valence-corrected chi connectivity index (χ4v) is 1.94. The van der Waals surface area contributed by atoms with Crippen molar-refractivity contribution >= 4 is 0 Å². The highest BCUT2D eigenvalue weighted by Crippen LogP contribution is 2.23. The predicted octanol–water partition coefficient (Wildman–Crippen LogP) is 3.95. The lowest BCUT2D eigenvalue weighted by Gasteiger charge is -2.04. The molecule has 0 aliphatic heterocycles. The van der Waals surface area contributed by atoms with Crippen LogP contribution in [0.2, 0.25) is 0 Å². The van der Waals surface area contributed by atoms with E-state index in [9.17, 15) is 4.39 Å². The van der Waals surface area contributed by atoms with E-state index >= 15 is 0 Å². The summed E-state index contributed by atoms with van der Waals surface area (Å²) in [6.07, 6.45) is 1.75. The topological polar surface area (TPSA) is 25.8 Å². The Morgan fingerprint density at radius 2 is 1.47 bits per heavy atom. The van der Waals surface area contributed by atoms with Crippen LogP contribution >= 0.6 is 0 Å². The molecule has 2 nitrogen and oxygen atoms in total. The zero-order valence-corrected chi connectivity index (χ0v) is 10.1. The molecule has 0 fully saturated rings. The van der Waals surface area contributed by atoms with Crippen molar-refractivity contribution in [3.05, 3.63) is 72.8 Å². The molecule has 0 saturated heterocycles. The van der Waals surface area contributed by atoms with Gasteiger partial charge in [-0.25, -0.2) is 4.98 Å². The van der Waals surface area contributed by atoms with E-state index in [1.807, 2.05) is 42.5 Å². The normalized spacial score (nSPS) is 10.4. The molecule has 0 unspecified atom stereocenters. The summed E-state index contributed by atoms with van der Waals surface area (Å²) in [5.41, 5.74) is 3.38. The minimum absolute atomic E-state index is 0.472. The van der Waals surface area contributed by atoms with Gasteiger partial charge in [-0.1, -0.05) is 30.3 Å². The number of benzene rings is 1. The summed E-state index contributed by atoms with van der Waals surface area (Å²) in [6.45, 7) is 0. The molecule has 3 rings (SSSR count).